The van der Waals surface area contributed by atoms with Gasteiger partial charge in [0.05, 0.1) is 17.0 Å². The van der Waals surface area contributed by atoms with E-state index in [1.165, 1.54) is 6.20 Å². The zero-order valence-corrected chi connectivity index (χ0v) is 18.4. The average molecular weight is 452 g/mol. The number of aromatic nitrogens is 1. The molecule has 3 aromatic rings. The molecule has 0 saturated heterocycles. The van der Waals surface area contributed by atoms with E-state index in [2.05, 4.69) is 10.3 Å². The van der Waals surface area contributed by atoms with Crippen LogP contribution in [0.5, 0.6) is 0 Å². The molecule has 5 rings (SSSR count). The second-order valence-electron chi connectivity index (χ2n) is 8.03. The zero-order valence-electron chi connectivity index (χ0n) is 16.8. The molecule has 3 heterocycles. The van der Waals surface area contributed by atoms with Crippen LogP contribution in [0.3, 0.4) is 0 Å². The highest BCUT2D eigenvalue weighted by Crippen LogP contribution is 2.47. The molecular weight excluding hydrogens is 430 g/mol. The van der Waals surface area contributed by atoms with Crippen molar-refractivity contribution in [3.05, 3.63) is 81.1 Å². The van der Waals surface area contributed by atoms with Crippen molar-refractivity contribution in [1.82, 2.24) is 9.88 Å². The lowest BCUT2D eigenvalue weighted by Gasteiger charge is -2.44. The Hall–Kier alpha value is -2.70. The maximum absolute atomic E-state index is 13.7. The van der Waals surface area contributed by atoms with Crippen molar-refractivity contribution in [2.24, 2.45) is 0 Å². The van der Waals surface area contributed by atoms with Gasteiger partial charge in [0.25, 0.3) is 5.91 Å². The third kappa shape index (κ3) is 3.75. The first kappa shape index (κ1) is 20.2. The first-order valence-electron chi connectivity index (χ1n) is 10.5. The third-order valence-electron chi connectivity index (χ3n) is 6.19. The summed E-state index contributed by atoms with van der Waals surface area (Å²) in [7, 11) is 0. The fourth-order valence-electron chi connectivity index (χ4n) is 4.83. The van der Waals surface area contributed by atoms with Gasteiger partial charge in [-0.25, -0.2) is 4.98 Å². The molecule has 0 radical (unpaired) electrons. The van der Waals surface area contributed by atoms with Crippen LogP contribution >= 0.6 is 22.9 Å². The SMILES string of the molecule is O=C(Nc1ccc(Cl)cn1)[C@H]1c2ccccc2C(=O)N(C2CCCC2)[C@@H]1c1cccs1. The number of benzene rings is 1. The second kappa shape index (κ2) is 8.44. The van der Waals surface area contributed by atoms with E-state index in [1.54, 1.807) is 23.5 Å². The van der Waals surface area contributed by atoms with Crippen molar-refractivity contribution in [3.8, 4) is 0 Å². The monoisotopic (exact) mass is 451 g/mol. The van der Waals surface area contributed by atoms with Crippen molar-refractivity contribution in [2.75, 3.05) is 5.32 Å². The lowest BCUT2D eigenvalue weighted by atomic mass is 9.80. The van der Waals surface area contributed by atoms with Crippen molar-refractivity contribution in [3.63, 3.8) is 0 Å². The number of hydrogen-bond donors (Lipinski definition) is 1. The maximum atomic E-state index is 13.7. The van der Waals surface area contributed by atoms with Crippen molar-refractivity contribution in [1.29, 1.82) is 0 Å². The van der Waals surface area contributed by atoms with E-state index in [-0.39, 0.29) is 23.9 Å². The van der Waals surface area contributed by atoms with Gasteiger partial charge in [0, 0.05) is 22.7 Å². The smallest absolute Gasteiger partial charge is 0.254 e. The lowest BCUT2D eigenvalue weighted by molar-refractivity contribution is -0.119. The third-order valence-corrected chi connectivity index (χ3v) is 7.36. The van der Waals surface area contributed by atoms with Gasteiger partial charge in [-0.2, -0.15) is 0 Å². The van der Waals surface area contributed by atoms with Crippen LogP contribution in [0.15, 0.2) is 60.1 Å². The fourth-order valence-corrected chi connectivity index (χ4v) is 5.81. The van der Waals surface area contributed by atoms with E-state index in [0.29, 0.717) is 16.4 Å². The van der Waals surface area contributed by atoms with Crippen molar-refractivity contribution < 1.29 is 9.59 Å². The number of halogens is 1. The van der Waals surface area contributed by atoms with Crippen LogP contribution in [0.2, 0.25) is 5.02 Å². The Morgan fingerprint density at radius 3 is 2.61 bits per heavy atom. The minimum absolute atomic E-state index is 0.0227. The highest BCUT2D eigenvalue weighted by molar-refractivity contribution is 7.10. The highest BCUT2D eigenvalue weighted by atomic mass is 35.5. The Labute approximate surface area is 190 Å². The minimum atomic E-state index is -0.523. The van der Waals surface area contributed by atoms with E-state index in [4.69, 9.17) is 11.6 Å². The number of nitrogens with one attached hydrogen (secondary N) is 1. The van der Waals surface area contributed by atoms with E-state index in [0.717, 1.165) is 36.1 Å². The van der Waals surface area contributed by atoms with Gasteiger partial charge in [0.1, 0.15) is 5.82 Å². The molecule has 5 nitrogen and oxygen atoms in total. The summed E-state index contributed by atoms with van der Waals surface area (Å²) < 4.78 is 0. The van der Waals surface area contributed by atoms with E-state index >= 15 is 0 Å². The minimum Gasteiger partial charge on any atom is -0.327 e. The molecule has 158 valence electrons. The molecule has 1 N–H and O–H groups in total. The summed E-state index contributed by atoms with van der Waals surface area (Å²) in [5.41, 5.74) is 1.39. The molecule has 31 heavy (non-hydrogen) atoms. The molecule has 0 unspecified atom stereocenters. The first-order chi connectivity index (χ1) is 15.1. The number of carbonyl (C=O) groups is 2. The number of hydrogen-bond acceptors (Lipinski definition) is 4. The van der Waals surface area contributed by atoms with Gasteiger partial charge < -0.3 is 10.2 Å². The Bertz CT molecular complexity index is 1090. The van der Waals surface area contributed by atoms with Gasteiger partial charge in [0.2, 0.25) is 5.91 Å². The van der Waals surface area contributed by atoms with Gasteiger partial charge in [-0.15, -0.1) is 11.3 Å². The van der Waals surface area contributed by atoms with Crippen LogP contribution in [0.4, 0.5) is 5.82 Å². The van der Waals surface area contributed by atoms with Crippen molar-refractivity contribution >= 4 is 40.6 Å². The van der Waals surface area contributed by atoms with Crippen LogP contribution in [0.25, 0.3) is 0 Å². The Kier molecular flexibility index (Phi) is 5.50. The quantitative estimate of drug-likeness (QED) is 0.556. The van der Waals surface area contributed by atoms with Crippen molar-refractivity contribution in [2.45, 2.75) is 43.7 Å². The normalized spacial score (nSPS) is 21.2. The highest BCUT2D eigenvalue weighted by Gasteiger charge is 2.47. The van der Waals surface area contributed by atoms with Gasteiger partial charge >= 0.3 is 0 Å². The molecule has 1 saturated carbocycles. The number of thiophene rings is 1. The molecule has 2 atom stereocenters. The van der Waals surface area contributed by atoms with Gasteiger partial charge in [-0.1, -0.05) is 48.7 Å². The fraction of sp³-hybridized carbons (Fsp3) is 0.292. The van der Waals surface area contributed by atoms with E-state index in [1.807, 2.05) is 46.7 Å². The average Bonchev–Trinajstić information content (AvgIpc) is 3.49. The molecule has 1 aromatic carbocycles. The molecule has 1 aliphatic heterocycles. The van der Waals surface area contributed by atoms with E-state index < -0.39 is 5.92 Å². The molecule has 2 aliphatic rings. The number of anilines is 1. The molecular formula is C24H22ClN3O2S. The number of carbonyl (C=O) groups excluding carboxylic acids is 2. The number of rotatable bonds is 4. The van der Waals surface area contributed by atoms with Crippen LogP contribution in [0, 0.1) is 0 Å². The number of amides is 2. The van der Waals surface area contributed by atoms with Gasteiger partial charge in [0.15, 0.2) is 0 Å². The molecule has 1 fully saturated rings. The summed E-state index contributed by atoms with van der Waals surface area (Å²) in [4.78, 5) is 34.6. The summed E-state index contributed by atoms with van der Waals surface area (Å²) in [5.74, 6) is -0.225. The van der Waals surface area contributed by atoms with Crippen LogP contribution < -0.4 is 5.32 Å². The van der Waals surface area contributed by atoms with Crippen LogP contribution in [-0.2, 0) is 4.79 Å². The summed E-state index contributed by atoms with van der Waals surface area (Å²) in [6.07, 6.45) is 5.68. The largest absolute Gasteiger partial charge is 0.327 e. The van der Waals surface area contributed by atoms with Gasteiger partial charge in [-0.05, 0) is 48.1 Å². The molecule has 2 amide bonds. The summed E-state index contributed by atoms with van der Waals surface area (Å²) >= 11 is 7.54. The molecule has 0 spiro atoms. The molecule has 2 aromatic heterocycles. The Balaban J connectivity index is 1.61. The Morgan fingerprint density at radius 2 is 1.90 bits per heavy atom. The molecule has 0 bridgehead atoms. The topological polar surface area (TPSA) is 62.3 Å². The van der Waals surface area contributed by atoms with Crippen LogP contribution in [0.1, 0.15) is 58.4 Å². The number of nitrogens with zero attached hydrogens (tertiary/aromatic N) is 2. The van der Waals surface area contributed by atoms with E-state index in [9.17, 15) is 9.59 Å². The predicted molar refractivity (Wildman–Crippen MR) is 123 cm³/mol. The zero-order chi connectivity index (χ0) is 21.4. The molecule has 7 heteroatoms. The number of pyridine rings is 1. The van der Waals surface area contributed by atoms with Gasteiger partial charge in [-0.3, -0.25) is 9.59 Å². The second-order valence-corrected chi connectivity index (χ2v) is 9.44. The summed E-state index contributed by atoms with van der Waals surface area (Å²) in [6.45, 7) is 0. The first-order valence-corrected chi connectivity index (χ1v) is 11.8. The maximum Gasteiger partial charge on any atom is 0.254 e. The molecule has 1 aliphatic carbocycles. The lowest BCUT2D eigenvalue weighted by Crippen LogP contribution is -2.49. The van der Waals surface area contributed by atoms with Crippen LogP contribution in [-0.4, -0.2) is 27.7 Å². The standard InChI is InChI=1S/C24H22ClN3O2S/c25-15-11-12-20(26-14-15)27-23(29)21-17-8-3-4-9-18(17)24(30)28(16-6-1-2-7-16)22(21)19-10-5-13-31-19/h3-5,8-14,16,21-22H,1-2,6-7H2,(H,26,27,29)/t21-,22+/m0/s1. The Morgan fingerprint density at radius 1 is 1.10 bits per heavy atom. The predicted octanol–water partition coefficient (Wildman–Crippen LogP) is 5.66. The number of fused-ring (bicyclic) bond motifs is 1. The summed E-state index contributed by atoms with van der Waals surface area (Å²) in [5, 5.41) is 5.47. The summed E-state index contributed by atoms with van der Waals surface area (Å²) in [6, 6.07) is 14.7.